The quantitative estimate of drug-likeness (QED) is 0.672. The van der Waals surface area contributed by atoms with E-state index in [0.717, 1.165) is 0 Å². The molecule has 0 saturated carbocycles. The summed E-state index contributed by atoms with van der Waals surface area (Å²) in [6.07, 6.45) is 2.80. The van der Waals surface area contributed by atoms with Crippen molar-refractivity contribution in [1.82, 2.24) is 20.6 Å². The van der Waals surface area contributed by atoms with Gasteiger partial charge in [0.2, 0.25) is 5.91 Å². The van der Waals surface area contributed by atoms with Crippen LogP contribution in [0.3, 0.4) is 0 Å². The number of carbonyl (C=O) groups excluding carboxylic acids is 2. The summed E-state index contributed by atoms with van der Waals surface area (Å²) in [6, 6.07) is -0.608. The lowest BCUT2D eigenvalue weighted by atomic mass is 10.3. The van der Waals surface area contributed by atoms with Gasteiger partial charge in [-0.2, -0.15) is 0 Å². The van der Waals surface area contributed by atoms with Crippen LogP contribution in [0, 0.1) is 0 Å². The first-order valence-corrected chi connectivity index (χ1v) is 5.66. The molecular weight excluding hydrogens is 234 g/mol. The third-order valence-corrected chi connectivity index (χ3v) is 2.23. The molecule has 2 amide bonds. The highest BCUT2D eigenvalue weighted by atomic mass is 16.2. The van der Waals surface area contributed by atoms with Gasteiger partial charge in [0.25, 0.3) is 5.91 Å². The molecule has 18 heavy (non-hydrogen) atoms. The summed E-state index contributed by atoms with van der Waals surface area (Å²) < 4.78 is 0. The van der Waals surface area contributed by atoms with Crippen LogP contribution in [-0.2, 0) is 4.79 Å². The number of anilines is 1. The van der Waals surface area contributed by atoms with E-state index in [0.29, 0.717) is 12.4 Å². The zero-order chi connectivity index (χ0) is 13.5. The van der Waals surface area contributed by atoms with E-state index in [2.05, 4.69) is 25.9 Å². The maximum Gasteiger partial charge on any atom is 0.272 e. The van der Waals surface area contributed by atoms with Crippen molar-refractivity contribution in [3.05, 3.63) is 18.1 Å². The fourth-order valence-electron chi connectivity index (χ4n) is 1.24. The Morgan fingerprint density at radius 1 is 1.33 bits per heavy atom. The minimum Gasteiger partial charge on any atom is -0.372 e. The van der Waals surface area contributed by atoms with Gasteiger partial charge in [0.1, 0.15) is 17.6 Å². The first-order chi connectivity index (χ1) is 8.58. The van der Waals surface area contributed by atoms with E-state index in [1.54, 1.807) is 14.0 Å². The van der Waals surface area contributed by atoms with Crippen LogP contribution in [0.1, 0.15) is 24.3 Å². The summed E-state index contributed by atoms with van der Waals surface area (Å²) in [7, 11) is 1.71. The fraction of sp³-hybridized carbons (Fsp3) is 0.455. The Morgan fingerprint density at radius 2 is 2.06 bits per heavy atom. The lowest BCUT2D eigenvalue weighted by Gasteiger charge is -2.12. The lowest BCUT2D eigenvalue weighted by molar-refractivity contribution is -0.122. The molecule has 0 saturated heterocycles. The summed E-state index contributed by atoms with van der Waals surface area (Å²) >= 11 is 0. The number of rotatable bonds is 5. The minimum absolute atomic E-state index is 0.171. The monoisotopic (exact) mass is 251 g/mol. The molecule has 1 aromatic heterocycles. The van der Waals surface area contributed by atoms with Gasteiger partial charge in [0.05, 0.1) is 12.4 Å². The molecule has 0 aliphatic carbocycles. The lowest BCUT2D eigenvalue weighted by Crippen LogP contribution is -2.44. The first-order valence-electron chi connectivity index (χ1n) is 5.66. The van der Waals surface area contributed by atoms with E-state index < -0.39 is 11.9 Å². The van der Waals surface area contributed by atoms with Crippen molar-refractivity contribution < 1.29 is 9.59 Å². The molecule has 0 bridgehead atoms. The molecule has 0 radical (unpaired) electrons. The van der Waals surface area contributed by atoms with E-state index >= 15 is 0 Å². The second-order valence-electron chi connectivity index (χ2n) is 3.63. The molecular formula is C11H17N5O2. The van der Waals surface area contributed by atoms with Crippen molar-refractivity contribution in [2.75, 3.05) is 18.9 Å². The summed E-state index contributed by atoms with van der Waals surface area (Å²) in [4.78, 5) is 31.1. The molecule has 0 fully saturated rings. The van der Waals surface area contributed by atoms with E-state index in [-0.39, 0.29) is 11.6 Å². The van der Waals surface area contributed by atoms with Crippen molar-refractivity contribution in [2.45, 2.75) is 19.9 Å². The van der Waals surface area contributed by atoms with Crippen molar-refractivity contribution >= 4 is 17.6 Å². The molecule has 0 aliphatic rings. The van der Waals surface area contributed by atoms with E-state index in [1.165, 1.54) is 12.4 Å². The second kappa shape index (κ2) is 6.53. The Kier molecular flexibility index (Phi) is 5.04. The summed E-state index contributed by atoms with van der Waals surface area (Å²) in [5.41, 5.74) is 0.171. The van der Waals surface area contributed by atoms with E-state index in [9.17, 15) is 9.59 Å². The van der Waals surface area contributed by atoms with Crippen LogP contribution in [0.15, 0.2) is 12.4 Å². The highest BCUT2D eigenvalue weighted by Crippen LogP contribution is 1.99. The predicted octanol–water partition coefficient (Wildman–Crippen LogP) is -0.227. The number of aromatic nitrogens is 2. The molecule has 98 valence electrons. The van der Waals surface area contributed by atoms with Gasteiger partial charge >= 0.3 is 0 Å². The van der Waals surface area contributed by atoms with Gasteiger partial charge in [-0.05, 0) is 13.8 Å². The molecule has 0 spiro atoms. The number of likely N-dealkylation sites (N-methyl/N-ethyl adjacent to an activating group) is 1. The molecule has 7 heteroatoms. The number of amides is 2. The molecule has 1 aromatic rings. The number of nitrogens with one attached hydrogen (secondary N) is 3. The van der Waals surface area contributed by atoms with Gasteiger partial charge in [-0.3, -0.25) is 9.59 Å². The van der Waals surface area contributed by atoms with Crippen molar-refractivity contribution in [3.63, 3.8) is 0 Å². The van der Waals surface area contributed by atoms with Crippen molar-refractivity contribution in [1.29, 1.82) is 0 Å². The highest BCUT2D eigenvalue weighted by Gasteiger charge is 2.16. The van der Waals surface area contributed by atoms with Gasteiger partial charge < -0.3 is 16.0 Å². The molecule has 1 heterocycles. The Hall–Kier alpha value is -2.18. The zero-order valence-electron chi connectivity index (χ0n) is 10.7. The van der Waals surface area contributed by atoms with Crippen LogP contribution in [0.5, 0.6) is 0 Å². The first kappa shape index (κ1) is 13.9. The summed E-state index contributed by atoms with van der Waals surface area (Å²) in [5.74, 6) is -0.0853. The van der Waals surface area contributed by atoms with Gasteiger partial charge in [-0.25, -0.2) is 9.97 Å². The SMILES string of the molecule is CCNC(=O)C(C)NC(=O)c1cnc(NC)cn1. The average molecular weight is 251 g/mol. The second-order valence-corrected chi connectivity index (χ2v) is 3.63. The van der Waals surface area contributed by atoms with E-state index in [1.807, 2.05) is 6.92 Å². The van der Waals surface area contributed by atoms with Gasteiger partial charge in [-0.15, -0.1) is 0 Å². The number of hydrogen-bond donors (Lipinski definition) is 3. The standard InChI is InChI=1S/C11H17N5O2/c1-4-13-10(17)7(2)16-11(18)8-5-15-9(12-3)6-14-8/h5-7H,4H2,1-3H3,(H,12,15)(H,13,17)(H,16,18). The van der Waals surface area contributed by atoms with Crippen LogP contribution in [-0.4, -0.2) is 41.4 Å². The van der Waals surface area contributed by atoms with Crippen LogP contribution in [0.25, 0.3) is 0 Å². The van der Waals surface area contributed by atoms with Crippen molar-refractivity contribution in [3.8, 4) is 0 Å². The largest absolute Gasteiger partial charge is 0.372 e. The minimum atomic E-state index is -0.608. The van der Waals surface area contributed by atoms with Crippen LogP contribution in [0.2, 0.25) is 0 Å². The number of hydrogen-bond acceptors (Lipinski definition) is 5. The van der Waals surface area contributed by atoms with E-state index in [4.69, 9.17) is 0 Å². The Labute approximate surface area is 105 Å². The molecule has 3 N–H and O–H groups in total. The van der Waals surface area contributed by atoms with Gasteiger partial charge in [0.15, 0.2) is 0 Å². The molecule has 0 aliphatic heterocycles. The van der Waals surface area contributed by atoms with Crippen LogP contribution >= 0.6 is 0 Å². The molecule has 0 aromatic carbocycles. The molecule has 1 rings (SSSR count). The Balaban J connectivity index is 2.61. The zero-order valence-corrected chi connectivity index (χ0v) is 10.7. The van der Waals surface area contributed by atoms with Crippen LogP contribution in [0.4, 0.5) is 5.82 Å². The van der Waals surface area contributed by atoms with Crippen molar-refractivity contribution in [2.24, 2.45) is 0 Å². The number of carbonyl (C=O) groups is 2. The maximum absolute atomic E-state index is 11.7. The normalized spacial score (nSPS) is 11.5. The maximum atomic E-state index is 11.7. The molecule has 1 unspecified atom stereocenters. The van der Waals surface area contributed by atoms with Gasteiger partial charge in [-0.1, -0.05) is 0 Å². The third kappa shape index (κ3) is 3.69. The molecule has 7 nitrogen and oxygen atoms in total. The third-order valence-electron chi connectivity index (χ3n) is 2.23. The Bertz CT molecular complexity index is 418. The summed E-state index contributed by atoms with van der Waals surface area (Å²) in [5, 5.41) is 7.96. The summed E-state index contributed by atoms with van der Waals surface area (Å²) in [6.45, 7) is 3.95. The smallest absolute Gasteiger partial charge is 0.272 e. The topological polar surface area (TPSA) is 96.0 Å². The predicted molar refractivity (Wildman–Crippen MR) is 67.2 cm³/mol. The molecule has 1 atom stereocenters. The fourth-order valence-corrected chi connectivity index (χ4v) is 1.24. The van der Waals surface area contributed by atoms with Crippen LogP contribution < -0.4 is 16.0 Å². The average Bonchev–Trinajstić information content (AvgIpc) is 2.39. The van der Waals surface area contributed by atoms with Gasteiger partial charge in [0, 0.05) is 13.6 Å². The highest BCUT2D eigenvalue weighted by molar-refractivity contribution is 5.95. The Morgan fingerprint density at radius 3 is 2.56 bits per heavy atom. The number of nitrogens with zero attached hydrogens (tertiary/aromatic N) is 2.